The maximum Gasteiger partial charge on any atom is 0.316 e. The summed E-state index contributed by atoms with van der Waals surface area (Å²) in [5, 5.41) is 6.39. The zero-order valence-electron chi connectivity index (χ0n) is 10.6. The highest BCUT2D eigenvalue weighted by Gasteiger charge is 2.17. The van der Waals surface area contributed by atoms with Crippen molar-refractivity contribution in [1.82, 2.24) is 20.4 Å². The van der Waals surface area contributed by atoms with Gasteiger partial charge in [-0.05, 0) is 45.8 Å². The first-order valence-corrected chi connectivity index (χ1v) is 6.78. The highest BCUT2D eigenvalue weighted by molar-refractivity contribution is 9.10. The fraction of sp³-hybridized carbons (Fsp3) is 0.0769. The molecule has 0 unspecified atom stereocenters. The van der Waals surface area contributed by atoms with Crippen LogP contribution < -0.4 is 5.32 Å². The second kappa shape index (κ2) is 5.88. The van der Waals surface area contributed by atoms with E-state index in [-0.39, 0.29) is 11.7 Å². The lowest BCUT2D eigenvalue weighted by Gasteiger charge is -2.00. The van der Waals surface area contributed by atoms with Crippen molar-refractivity contribution in [3.63, 3.8) is 0 Å². The number of hydrogen-bond donors (Lipinski definition) is 1. The van der Waals surface area contributed by atoms with E-state index in [2.05, 4.69) is 36.4 Å². The molecule has 106 valence electrons. The molecule has 0 radical (unpaired) electrons. The van der Waals surface area contributed by atoms with Crippen LogP contribution in [0.3, 0.4) is 0 Å². The molecule has 21 heavy (non-hydrogen) atoms. The van der Waals surface area contributed by atoms with Crippen molar-refractivity contribution in [1.29, 1.82) is 0 Å². The second-order valence-electron chi connectivity index (χ2n) is 4.07. The van der Waals surface area contributed by atoms with E-state index in [1.807, 2.05) is 0 Å². The number of aromatic nitrogens is 3. The van der Waals surface area contributed by atoms with Gasteiger partial charge in [0.15, 0.2) is 10.4 Å². The molecule has 0 atom stereocenters. The van der Waals surface area contributed by atoms with Gasteiger partial charge in [0.1, 0.15) is 0 Å². The van der Waals surface area contributed by atoms with E-state index in [1.54, 1.807) is 36.7 Å². The SMILES string of the molecule is O=C(NCc1ccncc1)c1nc(-c2ccc(Br)o2)no1. The molecular weight excluding hydrogens is 340 g/mol. The lowest BCUT2D eigenvalue weighted by molar-refractivity contribution is 0.0907. The number of rotatable bonds is 4. The fourth-order valence-corrected chi connectivity index (χ4v) is 1.92. The number of carbonyl (C=O) groups excluding carboxylic acids is 1. The number of amides is 1. The third kappa shape index (κ3) is 3.16. The molecule has 3 rings (SSSR count). The Bertz CT molecular complexity index is 754. The molecule has 0 aromatic carbocycles. The van der Waals surface area contributed by atoms with Gasteiger partial charge in [-0.2, -0.15) is 4.98 Å². The number of hydrogen-bond acceptors (Lipinski definition) is 6. The normalized spacial score (nSPS) is 10.5. The minimum absolute atomic E-state index is 0.119. The first-order valence-electron chi connectivity index (χ1n) is 5.99. The molecule has 0 aliphatic rings. The first kappa shape index (κ1) is 13.5. The summed E-state index contributed by atoms with van der Waals surface area (Å²) in [5.41, 5.74) is 0.924. The maximum absolute atomic E-state index is 11.9. The smallest absolute Gasteiger partial charge is 0.316 e. The molecule has 0 saturated heterocycles. The molecule has 0 aliphatic carbocycles. The summed E-state index contributed by atoms with van der Waals surface area (Å²) in [6.45, 7) is 0.353. The third-order valence-corrected chi connectivity index (χ3v) is 3.04. The van der Waals surface area contributed by atoms with Gasteiger partial charge in [0.2, 0.25) is 5.82 Å². The molecule has 0 bridgehead atoms. The topological polar surface area (TPSA) is 94.1 Å². The Kier molecular flexibility index (Phi) is 3.78. The van der Waals surface area contributed by atoms with Crippen molar-refractivity contribution in [3.8, 4) is 11.6 Å². The summed E-state index contributed by atoms with van der Waals surface area (Å²) >= 11 is 3.18. The molecule has 0 spiro atoms. The molecule has 3 aromatic rings. The Morgan fingerprint density at radius 3 is 2.76 bits per heavy atom. The van der Waals surface area contributed by atoms with E-state index >= 15 is 0 Å². The van der Waals surface area contributed by atoms with E-state index in [0.29, 0.717) is 17.0 Å². The molecule has 0 saturated carbocycles. The van der Waals surface area contributed by atoms with Crippen molar-refractivity contribution < 1.29 is 13.7 Å². The lowest BCUT2D eigenvalue weighted by Crippen LogP contribution is -2.23. The zero-order chi connectivity index (χ0) is 14.7. The monoisotopic (exact) mass is 348 g/mol. The number of carbonyl (C=O) groups is 1. The van der Waals surface area contributed by atoms with Gasteiger partial charge >= 0.3 is 11.8 Å². The molecule has 3 heterocycles. The molecule has 1 amide bonds. The van der Waals surface area contributed by atoms with Gasteiger partial charge < -0.3 is 14.3 Å². The minimum atomic E-state index is -0.448. The minimum Gasteiger partial charge on any atom is -0.446 e. The van der Waals surface area contributed by atoms with Gasteiger partial charge in [0.05, 0.1) is 0 Å². The molecule has 8 heteroatoms. The number of nitrogens with one attached hydrogen (secondary N) is 1. The van der Waals surface area contributed by atoms with Crippen LogP contribution in [0.2, 0.25) is 0 Å². The van der Waals surface area contributed by atoms with Gasteiger partial charge in [-0.15, -0.1) is 0 Å². The standard InChI is InChI=1S/C13H9BrN4O3/c14-10-2-1-9(20-10)11-17-13(21-18-11)12(19)16-7-8-3-5-15-6-4-8/h1-6H,7H2,(H,16,19). The molecular formula is C13H9BrN4O3. The van der Waals surface area contributed by atoms with Crippen LogP contribution in [0.4, 0.5) is 0 Å². The number of halogens is 1. The van der Waals surface area contributed by atoms with Crippen LogP contribution in [-0.4, -0.2) is 21.0 Å². The van der Waals surface area contributed by atoms with Crippen molar-refractivity contribution >= 4 is 21.8 Å². The van der Waals surface area contributed by atoms with Gasteiger partial charge in [-0.3, -0.25) is 9.78 Å². The third-order valence-electron chi connectivity index (χ3n) is 2.62. The summed E-state index contributed by atoms with van der Waals surface area (Å²) in [5.74, 6) is 0.0660. The van der Waals surface area contributed by atoms with Crippen molar-refractivity contribution in [2.75, 3.05) is 0 Å². The Labute approximate surface area is 127 Å². The fourth-order valence-electron chi connectivity index (χ4n) is 1.61. The summed E-state index contributed by atoms with van der Waals surface area (Å²) in [6, 6.07) is 6.99. The molecule has 3 aromatic heterocycles. The molecule has 1 N–H and O–H groups in total. The average molecular weight is 349 g/mol. The van der Waals surface area contributed by atoms with Gasteiger partial charge in [0, 0.05) is 18.9 Å². The Balaban J connectivity index is 1.67. The predicted molar refractivity (Wildman–Crippen MR) is 75.1 cm³/mol. The summed E-state index contributed by atoms with van der Waals surface area (Å²) in [7, 11) is 0. The Morgan fingerprint density at radius 2 is 2.05 bits per heavy atom. The van der Waals surface area contributed by atoms with Crippen LogP contribution in [-0.2, 0) is 6.54 Å². The predicted octanol–water partition coefficient (Wildman–Crippen LogP) is 2.42. The van der Waals surface area contributed by atoms with Gasteiger partial charge in [0.25, 0.3) is 0 Å². The lowest BCUT2D eigenvalue weighted by atomic mass is 10.3. The molecule has 0 fully saturated rings. The van der Waals surface area contributed by atoms with E-state index in [4.69, 9.17) is 8.94 Å². The Hall–Kier alpha value is -2.48. The van der Waals surface area contributed by atoms with E-state index in [1.165, 1.54) is 0 Å². The van der Waals surface area contributed by atoms with Crippen LogP contribution in [0.1, 0.15) is 16.2 Å². The summed E-state index contributed by atoms with van der Waals surface area (Å²) in [4.78, 5) is 19.8. The summed E-state index contributed by atoms with van der Waals surface area (Å²) in [6.07, 6.45) is 3.31. The van der Waals surface area contributed by atoms with Crippen molar-refractivity contribution in [2.24, 2.45) is 0 Å². The van der Waals surface area contributed by atoms with Gasteiger partial charge in [-0.25, -0.2) is 0 Å². The highest BCUT2D eigenvalue weighted by atomic mass is 79.9. The quantitative estimate of drug-likeness (QED) is 0.777. The molecule has 0 aliphatic heterocycles. The second-order valence-corrected chi connectivity index (χ2v) is 4.85. The van der Waals surface area contributed by atoms with Crippen LogP contribution in [0.15, 0.2) is 50.3 Å². The van der Waals surface area contributed by atoms with Crippen LogP contribution >= 0.6 is 15.9 Å². The van der Waals surface area contributed by atoms with E-state index in [0.717, 1.165) is 5.56 Å². The Morgan fingerprint density at radius 1 is 1.24 bits per heavy atom. The van der Waals surface area contributed by atoms with E-state index in [9.17, 15) is 4.79 Å². The average Bonchev–Trinajstić information content (AvgIpc) is 3.14. The highest BCUT2D eigenvalue weighted by Crippen LogP contribution is 2.22. The van der Waals surface area contributed by atoms with Crippen molar-refractivity contribution in [3.05, 3.63) is 52.8 Å². The van der Waals surface area contributed by atoms with Crippen LogP contribution in [0, 0.1) is 0 Å². The zero-order valence-corrected chi connectivity index (χ0v) is 12.2. The number of nitrogens with zero attached hydrogens (tertiary/aromatic N) is 3. The largest absolute Gasteiger partial charge is 0.446 e. The number of furan rings is 1. The molecule has 7 nitrogen and oxygen atoms in total. The van der Waals surface area contributed by atoms with Crippen LogP contribution in [0.5, 0.6) is 0 Å². The van der Waals surface area contributed by atoms with E-state index < -0.39 is 5.91 Å². The van der Waals surface area contributed by atoms with Gasteiger partial charge in [-0.1, -0.05) is 5.16 Å². The van der Waals surface area contributed by atoms with Crippen LogP contribution in [0.25, 0.3) is 11.6 Å². The maximum atomic E-state index is 11.9. The number of pyridine rings is 1. The summed E-state index contributed by atoms with van der Waals surface area (Å²) < 4.78 is 10.7. The first-order chi connectivity index (χ1) is 10.2. The van der Waals surface area contributed by atoms with Crippen molar-refractivity contribution in [2.45, 2.75) is 6.54 Å².